The van der Waals surface area contributed by atoms with E-state index in [-0.39, 0.29) is 18.2 Å². The van der Waals surface area contributed by atoms with Crippen LogP contribution in [-0.4, -0.2) is 13.6 Å². The SMILES string of the molecule is O=S(=O)(NO)c1cc(C(F)(F)F)cc(C(F)(F)F)c1. The van der Waals surface area contributed by atoms with Crippen LogP contribution < -0.4 is 4.89 Å². The van der Waals surface area contributed by atoms with Gasteiger partial charge < -0.3 is 5.21 Å². The Morgan fingerprint density at radius 1 is 0.895 bits per heavy atom. The standard InChI is InChI=1S/C8H5F6NO3S/c9-7(10,11)4-1-5(8(12,13)14)3-6(2-4)19(17,18)15-16/h1-3,15-16H. The van der Waals surface area contributed by atoms with Crippen molar-refractivity contribution in [3.05, 3.63) is 29.3 Å². The van der Waals surface area contributed by atoms with Gasteiger partial charge in [-0.3, -0.25) is 0 Å². The third kappa shape index (κ3) is 3.58. The average Bonchev–Trinajstić information content (AvgIpc) is 2.26. The zero-order valence-corrected chi connectivity index (χ0v) is 9.49. The Hall–Kier alpha value is -1.33. The molecule has 108 valence electrons. The Morgan fingerprint density at radius 3 is 1.53 bits per heavy atom. The summed E-state index contributed by atoms with van der Waals surface area (Å²) in [7, 11) is -4.86. The average molecular weight is 309 g/mol. The van der Waals surface area contributed by atoms with E-state index in [1.165, 1.54) is 0 Å². The fourth-order valence-corrected chi connectivity index (χ4v) is 1.80. The summed E-state index contributed by atoms with van der Waals surface area (Å²) < 4.78 is 96.4. The third-order valence-electron chi connectivity index (χ3n) is 1.99. The van der Waals surface area contributed by atoms with Crippen molar-refractivity contribution >= 4 is 10.0 Å². The van der Waals surface area contributed by atoms with E-state index < -0.39 is 38.4 Å². The second-order valence-corrected chi connectivity index (χ2v) is 5.00. The van der Waals surface area contributed by atoms with Crippen LogP contribution in [0.25, 0.3) is 0 Å². The van der Waals surface area contributed by atoms with E-state index in [9.17, 15) is 34.8 Å². The number of hydrogen-bond donors (Lipinski definition) is 2. The molecule has 0 atom stereocenters. The van der Waals surface area contributed by atoms with E-state index in [4.69, 9.17) is 5.21 Å². The zero-order valence-electron chi connectivity index (χ0n) is 8.67. The van der Waals surface area contributed by atoms with Crippen molar-refractivity contribution in [3.63, 3.8) is 0 Å². The number of halogens is 6. The quantitative estimate of drug-likeness (QED) is 0.651. The summed E-state index contributed by atoms with van der Waals surface area (Å²) in [5.74, 6) is 0. The van der Waals surface area contributed by atoms with E-state index >= 15 is 0 Å². The fourth-order valence-electron chi connectivity index (χ4n) is 1.13. The molecule has 0 spiro atoms. The van der Waals surface area contributed by atoms with Crippen molar-refractivity contribution in [2.24, 2.45) is 0 Å². The van der Waals surface area contributed by atoms with Crippen molar-refractivity contribution in [3.8, 4) is 0 Å². The van der Waals surface area contributed by atoms with E-state index in [2.05, 4.69) is 0 Å². The molecular weight excluding hydrogens is 304 g/mol. The number of sulfonamides is 1. The summed E-state index contributed by atoms with van der Waals surface area (Å²) in [6.07, 6.45) is -10.3. The molecule has 0 aliphatic rings. The Bertz CT molecular complexity index is 545. The lowest BCUT2D eigenvalue weighted by Gasteiger charge is -2.13. The van der Waals surface area contributed by atoms with Crippen molar-refractivity contribution in [2.75, 3.05) is 0 Å². The minimum atomic E-state index is -5.17. The first-order chi connectivity index (χ1) is 8.38. The van der Waals surface area contributed by atoms with Gasteiger partial charge in [-0.05, 0) is 18.2 Å². The van der Waals surface area contributed by atoms with Crippen LogP contribution in [0.15, 0.2) is 23.1 Å². The van der Waals surface area contributed by atoms with Gasteiger partial charge in [0.25, 0.3) is 10.0 Å². The maximum atomic E-state index is 12.4. The van der Waals surface area contributed by atoms with Crippen LogP contribution in [0.3, 0.4) is 0 Å². The van der Waals surface area contributed by atoms with E-state index in [1.807, 2.05) is 0 Å². The highest BCUT2D eigenvalue weighted by Crippen LogP contribution is 2.37. The molecule has 0 unspecified atom stereocenters. The third-order valence-corrected chi connectivity index (χ3v) is 3.09. The Labute approximate surface area is 102 Å². The number of hydrogen-bond acceptors (Lipinski definition) is 3. The first-order valence-corrected chi connectivity index (χ1v) is 5.81. The summed E-state index contributed by atoms with van der Waals surface area (Å²) in [6.45, 7) is 0. The first kappa shape index (κ1) is 15.7. The van der Waals surface area contributed by atoms with Crippen molar-refractivity contribution in [2.45, 2.75) is 17.2 Å². The first-order valence-electron chi connectivity index (χ1n) is 4.33. The molecule has 2 N–H and O–H groups in total. The Morgan fingerprint density at radius 2 is 1.26 bits per heavy atom. The number of nitrogens with one attached hydrogen (secondary N) is 1. The molecule has 0 aliphatic heterocycles. The van der Waals surface area contributed by atoms with Crippen LogP contribution >= 0.6 is 0 Å². The van der Waals surface area contributed by atoms with Gasteiger partial charge in [0, 0.05) is 0 Å². The molecular formula is C8H5F6NO3S. The zero-order chi connectivity index (χ0) is 15.1. The number of rotatable bonds is 2. The summed E-state index contributed by atoms with van der Waals surface area (Å²) in [5, 5.41) is 8.23. The van der Waals surface area contributed by atoms with Gasteiger partial charge in [-0.1, -0.05) is 4.89 Å². The van der Waals surface area contributed by atoms with Crippen molar-refractivity contribution in [1.29, 1.82) is 0 Å². The normalized spacial score (nSPS) is 13.6. The van der Waals surface area contributed by atoms with Gasteiger partial charge in [0.2, 0.25) is 0 Å². The number of benzene rings is 1. The predicted molar refractivity (Wildman–Crippen MR) is 48.6 cm³/mol. The molecule has 19 heavy (non-hydrogen) atoms. The minimum Gasteiger partial charge on any atom is -0.302 e. The minimum absolute atomic E-state index is 0.0200. The van der Waals surface area contributed by atoms with Crippen LogP contribution in [0.1, 0.15) is 11.1 Å². The molecule has 4 nitrogen and oxygen atoms in total. The van der Waals surface area contributed by atoms with Gasteiger partial charge in [-0.2, -0.15) is 26.3 Å². The lowest BCUT2D eigenvalue weighted by molar-refractivity contribution is -0.143. The molecule has 1 rings (SSSR count). The van der Waals surface area contributed by atoms with Gasteiger partial charge in [0.05, 0.1) is 16.0 Å². The Kier molecular flexibility index (Phi) is 3.85. The van der Waals surface area contributed by atoms with Gasteiger partial charge in [-0.15, -0.1) is 0 Å². The fraction of sp³-hybridized carbons (Fsp3) is 0.250. The highest BCUT2D eigenvalue weighted by molar-refractivity contribution is 7.89. The molecule has 0 saturated carbocycles. The van der Waals surface area contributed by atoms with Crippen molar-refractivity contribution in [1.82, 2.24) is 4.89 Å². The van der Waals surface area contributed by atoms with E-state index in [0.717, 1.165) is 0 Å². The van der Waals surface area contributed by atoms with Gasteiger partial charge in [-0.25, -0.2) is 8.42 Å². The molecule has 11 heteroatoms. The van der Waals surface area contributed by atoms with Crippen LogP contribution in [0, 0.1) is 0 Å². The molecule has 1 aromatic rings. The monoisotopic (exact) mass is 309 g/mol. The van der Waals surface area contributed by atoms with Crippen LogP contribution in [0.4, 0.5) is 26.3 Å². The van der Waals surface area contributed by atoms with E-state index in [0.29, 0.717) is 4.89 Å². The molecule has 0 saturated heterocycles. The summed E-state index contributed by atoms with van der Waals surface area (Å²) in [5.41, 5.74) is -3.59. The highest BCUT2D eigenvalue weighted by Gasteiger charge is 2.38. The molecule has 0 fully saturated rings. The molecule has 0 radical (unpaired) electrons. The second kappa shape index (κ2) is 4.65. The van der Waals surface area contributed by atoms with Crippen LogP contribution in [0.5, 0.6) is 0 Å². The maximum Gasteiger partial charge on any atom is 0.416 e. The smallest absolute Gasteiger partial charge is 0.302 e. The van der Waals surface area contributed by atoms with Gasteiger partial charge >= 0.3 is 12.4 Å². The number of alkyl halides is 6. The molecule has 1 aromatic carbocycles. The summed E-state index contributed by atoms with van der Waals surface area (Å²) >= 11 is 0. The largest absolute Gasteiger partial charge is 0.416 e. The molecule has 0 amide bonds. The lowest BCUT2D eigenvalue weighted by Crippen LogP contribution is -2.21. The topological polar surface area (TPSA) is 66.4 Å². The second-order valence-electron chi connectivity index (χ2n) is 3.34. The van der Waals surface area contributed by atoms with Gasteiger partial charge in [0.15, 0.2) is 0 Å². The predicted octanol–water partition coefficient (Wildman–Crippen LogP) is 2.39. The Balaban J connectivity index is 3.60. The lowest BCUT2D eigenvalue weighted by atomic mass is 10.1. The molecule has 0 heterocycles. The molecule has 0 bridgehead atoms. The van der Waals surface area contributed by atoms with Crippen molar-refractivity contribution < 1.29 is 40.0 Å². The molecule has 0 aliphatic carbocycles. The summed E-state index contributed by atoms with van der Waals surface area (Å²) in [4.78, 5) is -0.697. The highest BCUT2D eigenvalue weighted by atomic mass is 32.2. The van der Waals surface area contributed by atoms with Crippen LogP contribution in [-0.2, 0) is 22.4 Å². The van der Waals surface area contributed by atoms with Gasteiger partial charge in [0.1, 0.15) is 0 Å². The van der Waals surface area contributed by atoms with Crippen LogP contribution in [0.2, 0.25) is 0 Å². The van der Waals surface area contributed by atoms with E-state index in [1.54, 1.807) is 0 Å². The molecule has 0 aromatic heterocycles. The maximum absolute atomic E-state index is 12.4. The summed E-state index contributed by atoms with van der Waals surface area (Å²) in [6, 6.07) is -0.266.